The number of aromatic nitrogens is 1. The molecule has 4 aromatic rings. The highest BCUT2D eigenvalue weighted by Gasteiger charge is 2.32. The van der Waals surface area contributed by atoms with Crippen LogP contribution in [-0.2, 0) is 0 Å². The SMILES string of the molecule is COc1ccc2nc3cc4c(c5c3c(c2c1)-c1ccccc1N5C)C=CC(C)(C)O4. The molecule has 0 unspecified atom stereocenters. The summed E-state index contributed by atoms with van der Waals surface area (Å²) in [5.74, 6) is 1.71. The van der Waals surface area contributed by atoms with Gasteiger partial charge < -0.3 is 14.4 Å². The highest BCUT2D eigenvalue weighted by Crippen LogP contribution is 2.53. The Labute approximate surface area is 175 Å². The fourth-order valence-electron chi connectivity index (χ4n) is 4.76. The van der Waals surface area contributed by atoms with Gasteiger partial charge >= 0.3 is 0 Å². The van der Waals surface area contributed by atoms with Crippen LogP contribution in [0.4, 0.5) is 11.4 Å². The van der Waals surface area contributed by atoms with Crippen LogP contribution in [0, 0.1) is 0 Å². The predicted molar refractivity (Wildman–Crippen MR) is 123 cm³/mol. The zero-order chi connectivity index (χ0) is 20.6. The molecule has 30 heavy (non-hydrogen) atoms. The number of fused-ring (bicyclic) bond motifs is 6. The summed E-state index contributed by atoms with van der Waals surface area (Å²) < 4.78 is 11.9. The molecule has 2 aliphatic rings. The third-order valence-electron chi connectivity index (χ3n) is 6.14. The number of benzene rings is 3. The van der Waals surface area contributed by atoms with E-state index in [4.69, 9.17) is 14.5 Å². The standard InChI is InChI=1S/C26H22N2O2/c1-26(2)12-11-17-22(30-26)14-20-24-23(18-13-15(29-4)9-10-19(18)27-20)16-7-5-6-8-21(16)28(3)25(17)24/h5-14H,1-4H3. The molecule has 4 heteroatoms. The van der Waals surface area contributed by atoms with Gasteiger partial charge in [0.25, 0.3) is 0 Å². The van der Waals surface area contributed by atoms with E-state index in [0.717, 1.165) is 44.6 Å². The molecular formula is C26H22N2O2. The van der Waals surface area contributed by atoms with Crippen LogP contribution >= 0.6 is 0 Å². The number of anilines is 2. The van der Waals surface area contributed by atoms with E-state index in [0.29, 0.717) is 0 Å². The van der Waals surface area contributed by atoms with Crippen LogP contribution in [0.1, 0.15) is 19.4 Å². The van der Waals surface area contributed by atoms with Crippen molar-refractivity contribution < 1.29 is 9.47 Å². The fraction of sp³-hybridized carbons (Fsp3) is 0.192. The van der Waals surface area contributed by atoms with Gasteiger partial charge in [-0.25, -0.2) is 4.98 Å². The predicted octanol–water partition coefficient (Wildman–Crippen LogP) is 6.33. The largest absolute Gasteiger partial charge is 0.497 e. The average Bonchev–Trinajstić information content (AvgIpc) is 2.74. The Morgan fingerprint density at radius 1 is 1.03 bits per heavy atom. The Morgan fingerprint density at radius 3 is 2.70 bits per heavy atom. The quantitative estimate of drug-likeness (QED) is 0.353. The minimum atomic E-state index is -0.342. The Balaban J connectivity index is 1.84. The highest BCUT2D eigenvalue weighted by molar-refractivity contribution is 6.21. The average molecular weight is 394 g/mol. The number of hydrogen-bond donors (Lipinski definition) is 0. The molecule has 0 fully saturated rings. The lowest BCUT2D eigenvalue weighted by Gasteiger charge is -2.35. The third-order valence-corrected chi connectivity index (χ3v) is 6.14. The number of para-hydroxylation sites is 1. The molecule has 3 heterocycles. The highest BCUT2D eigenvalue weighted by atomic mass is 16.5. The van der Waals surface area contributed by atoms with E-state index in [2.05, 4.69) is 74.3 Å². The summed E-state index contributed by atoms with van der Waals surface area (Å²) in [5, 5.41) is 2.26. The summed E-state index contributed by atoms with van der Waals surface area (Å²) >= 11 is 0. The summed E-state index contributed by atoms with van der Waals surface area (Å²) in [5.41, 5.74) is 7.39. The van der Waals surface area contributed by atoms with Gasteiger partial charge in [0.1, 0.15) is 17.1 Å². The van der Waals surface area contributed by atoms with Gasteiger partial charge in [0.15, 0.2) is 0 Å². The van der Waals surface area contributed by atoms with E-state index in [1.54, 1.807) is 7.11 Å². The molecule has 4 nitrogen and oxygen atoms in total. The molecule has 2 aliphatic heterocycles. The number of methoxy groups -OCH3 is 1. The first-order valence-corrected chi connectivity index (χ1v) is 10.2. The molecule has 0 bridgehead atoms. The van der Waals surface area contributed by atoms with E-state index >= 15 is 0 Å². The zero-order valence-electron chi connectivity index (χ0n) is 17.5. The van der Waals surface area contributed by atoms with E-state index in [1.165, 1.54) is 16.8 Å². The summed E-state index contributed by atoms with van der Waals surface area (Å²) in [6, 6.07) is 16.7. The number of rotatable bonds is 1. The van der Waals surface area contributed by atoms with Crippen LogP contribution in [0.2, 0.25) is 0 Å². The normalized spacial score (nSPS) is 15.7. The maximum atomic E-state index is 6.35. The van der Waals surface area contributed by atoms with Crippen LogP contribution in [-0.4, -0.2) is 24.7 Å². The summed E-state index contributed by atoms with van der Waals surface area (Å²) in [4.78, 5) is 7.30. The van der Waals surface area contributed by atoms with Crippen molar-refractivity contribution in [3.8, 4) is 22.6 Å². The molecule has 0 saturated heterocycles. The molecule has 148 valence electrons. The van der Waals surface area contributed by atoms with Crippen LogP contribution in [0.3, 0.4) is 0 Å². The molecule has 1 aromatic heterocycles. The lowest BCUT2D eigenvalue weighted by Crippen LogP contribution is -2.28. The van der Waals surface area contributed by atoms with Gasteiger partial charge in [-0.3, -0.25) is 0 Å². The lowest BCUT2D eigenvalue weighted by atomic mass is 9.87. The van der Waals surface area contributed by atoms with E-state index < -0.39 is 0 Å². The number of pyridine rings is 1. The maximum Gasteiger partial charge on any atom is 0.132 e. The van der Waals surface area contributed by atoms with Crippen LogP contribution in [0.15, 0.2) is 54.6 Å². The molecular weight excluding hydrogens is 372 g/mol. The van der Waals surface area contributed by atoms with Crippen LogP contribution in [0.25, 0.3) is 39.0 Å². The Kier molecular flexibility index (Phi) is 3.33. The van der Waals surface area contributed by atoms with Crippen molar-refractivity contribution in [1.82, 2.24) is 4.98 Å². The summed E-state index contributed by atoms with van der Waals surface area (Å²) in [6.45, 7) is 4.15. The third kappa shape index (κ3) is 2.25. The van der Waals surface area contributed by atoms with Gasteiger partial charge in [-0.1, -0.05) is 18.2 Å². The first-order chi connectivity index (χ1) is 14.5. The fourth-order valence-corrected chi connectivity index (χ4v) is 4.76. The van der Waals surface area contributed by atoms with E-state index in [9.17, 15) is 0 Å². The molecule has 0 amide bonds. The minimum absolute atomic E-state index is 0.342. The molecule has 6 rings (SSSR count). The Hall–Kier alpha value is -3.53. The van der Waals surface area contributed by atoms with Crippen molar-refractivity contribution in [1.29, 1.82) is 0 Å². The summed E-state index contributed by atoms with van der Waals surface area (Å²) in [7, 11) is 3.83. The molecule has 0 aliphatic carbocycles. The lowest BCUT2D eigenvalue weighted by molar-refractivity contribution is 0.159. The van der Waals surface area contributed by atoms with Crippen molar-refractivity contribution >= 4 is 39.3 Å². The number of hydrogen-bond acceptors (Lipinski definition) is 4. The first-order valence-electron chi connectivity index (χ1n) is 10.2. The Bertz CT molecular complexity index is 1400. The van der Waals surface area contributed by atoms with Crippen molar-refractivity contribution in [3.05, 3.63) is 60.2 Å². The second kappa shape index (κ2) is 5.76. The van der Waals surface area contributed by atoms with Gasteiger partial charge in [0.05, 0.1) is 23.8 Å². The van der Waals surface area contributed by atoms with Crippen LogP contribution in [0.5, 0.6) is 11.5 Å². The van der Waals surface area contributed by atoms with Crippen molar-refractivity contribution in [2.45, 2.75) is 19.4 Å². The van der Waals surface area contributed by atoms with Gasteiger partial charge in [-0.2, -0.15) is 0 Å². The van der Waals surface area contributed by atoms with Crippen molar-refractivity contribution in [2.24, 2.45) is 0 Å². The van der Waals surface area contributed by atoms with Gasteiger partial charge in [0, 0.05) is 46.3 Å². The molecule has 0 saturated carbocycles. The molecule has 3 aromatic carbocycles. The van der Waals surface area contributed by atoms with Gasteiger partial charge in [-0.15, -0.1) is 0 Å². The number of ether oxygens (including phenoxy) is 2. The minimum Gasteiger partial charge on any atom is -0.497 e. The maximum absolute atomic E-state index is 6.35. The zero-order valence-corrected chi connectivity index (χ0v) is 17.5. The Morgan fingerprint density at radius 2 is 1.87 bits per heavy atom. The first kappa shape index (κ1) is 17.3. The van der Waals surface area contributed by atoms with E-state index in [1.807, 2.05) is 12.1 Å². The molecule has 0 spiro atoms. The van der Waals surface area contributed by atoms with Gasteiger partial charge in [0.2, 0.25) is 0 Å². The second-order valence-electron chi connectivity index (χ2n) is 8.52. The molecule has 0 atom stereocenters. The second-order valence-corrected chi connectivity index (χ2v) is 8.52. The smallest absolute Gasteiger partial charge is 0.132 e. The monoisotopic (exact) mass is 394 g/mol. The molecule has 0 radical (unpaired) electrons. The van der Waals surface area contributed by atoms with Gasteiger partial charge in [-0.05, 0) is 50.3 Å². The topological polar surface area (TPSA) is 34.6 Å². The van der Waals surface area contributed by atoms with Crippen LogP contribution < -0.4 is 14.4 Å². The van der Waals surface area contributed by atoms with Crippen molar-refractivity contribution in [2.75, 3.05) is 19.1 Å². The summed E-state index contributed by atoms with van der Waals surface area (Å²) in [6.07, 6.45) is 4.32. The van der Waals surface area contributed by atoms with E-state index in [-0.39, 0.29) is 5.60 Å². The van der Waals surface area contributed by atoms with Crippen molar-refractivity contribution in [3.63, 3.8) is 0 Å². The molecule has 0 N–H and O–H groups in total. The number of nitrogens with zero attached hydrogens (tertiary/aromatic N) is 2.